The van der Waals surface area contributed by atoms with Crippen LogP contribution in [-0.2, 0) is 0 Å². The van der Waals surface area contributed by atoms with Crippen LogP contribution in [0.25, 0.3) is 0 Å². The van der Waals surface area contributed by atoms with Crippen LogP contribution in [0, 0.1) is 5.92 Å². The smallest absolute Gasteiger partial charge is 0.0645 e. The van der Waals surface area contributed by atoms with Crippen molar-refractivity contribution in [1.82, 2.24) is 0 Å². The highest BCUT2D eigenvalue weighted by Crippen LogP contribution is 2.25. The summed E-state index contributed by atoms with van der Waals surface area (Å²) in [6.07, 6.45) is 12.7. The third kappa shape index (κ3) is 6.95. The van der Waals surface area contributed by atoms with Crippen molar-refractivity contribution in [3.8, 4) is 0 Å². The zero-order valence-corrected chi connectivity index (χ0v) is 14.3. The van der Waals surface area contributed by atoms with Gasteiger partial charge in [-0.3, -0.25) is 0 Å². The summed E-state index contributed by atoms with van der Waals surface area (Å²) in [5, 5.41) is 10.5. The van der Waals surface area contributed by atoms with Crippen LogP contribution >= 0.6 is 0 Å². The lowest BCUT2D eigenvalue weighted by Crippen LogP contribution is -2.21. The number of hydrogen-bond acceptors (Lipinski definition) is 1. The molecule has 0 saturated carbocycles. The molecule has 0 radical (unpaired) electrons. The first-order chi connectivity index (χ1) is 9.90. The van der Waals surface area contributed by atoms with Crippen molar-refractivity contribution in [1.29, 1.82) is 0 Å². The molecule has 1 N–H and O–H groups in total. The standard InChI is InChI=1S/C20H32O/c1-15(2)19-13-12-17(4)10-6-8-16(3)9-7-11-18(5)14-20(19)21/h8,11-12,19-21H,1,6-7,9-10,13-14H2,2-5H3. The minimum absolute atomic E-state index is 0.170. The fourth-order valence-corrected chi connectivity index (χ4v) is 2.87. The maximum absolute atomic E-state index is 10.5. The normalized spacial score (nSPS) is 26.2. The Morgan fingerprint density at radius 1 is 1.00 bits per heavy atom. The lowest BCUT2D eigenvalue weighted by molar-refractivity contribution is 0.126. The zero-order chi connectivity index (χ0) is 15.8. The quantitative estimate of drug-likeness (QED) is 0.611. The predicted octanol–water partition coefficient (Wildman–Crippen LogP) is 5.73. The summed E-state index contributed by atoms with van der Waals surface area (Å²) in [6, 6.07) is 0. The van der Waals surface area contributed by atoms with Crippen LogP contribution in [0.4, 0.5) is 0 Å². The highest BCUT2D eigenvalue weighted by Gasteiger charge is 2.19. The van der Waals surface area contributed by atoms with Crippen molar-refractivity contribution in [2.45, 2.75) is 72.3 Å². The van der Waals surface area contributed by atoms with E-state index >= 15 is 0 Å². The lowest BCUT2D eigenvalue weighted by Gasteiger charge is -2.23. The van der Waals surface area contributed by atoms with Crippen molar-refractivity contribution in [2.24, 2.45) is 5.92 Å². The Bertz CT molecular complexity index is 437. The molecule has 0 aromatic rings. The Hall–Kier alpha value is -1.08. The number of aliphatic hydroxyl groups is 1. The highest BCUT2D eigenvalue weighted by atomic mass is 16.3. The van der Waals surface area contributed by atoms with E-state index in [1.54, 1.807) is 0 Å². The lowest BCUT2D eigenvalue weighted by atomic mass is 9.87. The van der Waals surface area contributed by atoms with Gasteiger partial charge in [-0.1, -0.05) is 47.1 Å². The van der Waals surface area contributed by atoms with Crippen molar-refractivity contribution in [3.63, 3.8) is 0 Å². The summed E-state index contributed by atoms with van der Waals surface area (Å²) < 4.78 is 0. The molecule has 0 aromatic heterocycles. The first-order valence-corrected chi connectivity index (χ1v) is 8.20. The van der Waals surface area contributed by atoms with E-state index in [0.717, 1.165) is 44.1 Å². The molecule has 0 aliphatic heterocycles. The molecule has 0 saturated heterocycles. The van der Waals surface area contributed by atoms with Gasteiger partial charge in [0.1, 0.15) is 0 Å². The molecule has 0 fully saturated rings. The first kappa shape index (κ1) is 18.0. The molecule has 1 heteroatoms. The monoisotopic (exact) mass is 288 g/mol. The van der Waals surface area contributed by atoms with Gasteiger partial charge in [0.2, 0.25) is 0 Å². The van der Waals surface area contributed by atoms with Crippen molar-refractivity contribution < 1.29 is 5.11 Å². The van der Waals surface area contributed by atoms with Crippen LogP contribution < -0.4 is 0 Å². The molecule has 0 bridgehead atoms. The van der Waals surface area contributed by atoms with E-state index in [-0.39, 0.29) is 12.0 Å². The van der Waals surface area contributed by atoms with Crippen LogP contribution in [0.2, 0.25) is 0 Å². The maximum atomic E-state index is 10.5. The van der Waals surface area contributed by atoms with Gasteiger partial charge in [0.05, 0.1) is 6.10 Å². The molecule has 2 atom stereocenters. The van der Waals surface area contributed by atoms with Gasteiger partial charge in [-0.25, -0.2) is 0 Å². The highest BCUT2D eigenvalue weighted by molar-refractivity contribution is 5.12. The van der Waals surface area contributed by atoms with E-state index in [2.05, 4.69) is 45.6 Å². The fourth-order valence-electron chi connectivity index (χ4n) is 2.87. The average Bonchev–Trinajstić information content (AvgIpc) is 2.37. The van der Waals surface area contributed by atoms with E-state index in [4.69, 9.17) is 0 Å². The topological polar surface area (TPSA) is 20.2 Å². The number of aliphatic hydroxyl groups excluding tert-OH is 1. The van der Waals surface area contributed by atoms with Crippen LogP contribution in [0.3, 0.4) is 0 Å². The molecular weight excluding hydrogens is 256 g/mol. The van der Waals surface area contributed by atoms with Gasteiger partial charge in [-0.15, -0.1) is 0 Å². The number of hydrogen-bond donors (Lipinski definition) is 1. The van der Waals surface area contributed by atoms with Gasteiger partial charge in [-0.2, -0.15) is 0 Å². The summed E-state index contributed by atoms with van der Waals surface area (Å²) in [5.74, 6) is 0.170. The molecule has 21 heavy (non-hydrogen) atoms. The van der Waals surface area contributed by atoms with Crippen molar-refractivity contribution in [3.05, 3.63) is 47.1 Å². The molecule has 1 nitrogen and oxygen atoms in total. The second kappa shape index (κ2) is 9.04. The van der Waals surface area contributed by atoms with E-state index in [0.29, 0.717) is 0 Å². The van der Waals surface area contributed by atoms with Crippen molar-refractivity contribution >= 4 is 0 Å². The van der Waals surface area contributed by atoms with Crippen molar-refractivity contribution in [2.75, 3.05) is 0 Å². The molecule has 0 aromatic carbocycles. The Morgan fingerprint density at radius 2 is 1.52 bits per heavy atom. The molecular formula is C20H32O. The predicted molar refractivity (Wildman–Crippen MR) is 93.3 cm³/mol. The molecule has 1 aliphatic carbocycles. The molecule has 1 rings (SSSR count). The molecule has 0 spiro atoms. The van der Waals surface area contributed by atoms with E-state index < -0.39 is 0 Å². The third-order valence-corrected chi connectivity index (χ3v) is 4.41. The summed E-state index contributed by atoms with van der Waals surface area (Å²) in [4.78, 5) is 0. The van der Waals surface area contributed by atoms with Gasteiger partial charge < -0.3 is 5.11 Å². The van der Waals surface area contributed by atoms with E-state index in [1.165, 1.54) is 16.7 Å². The molecule has 1 aliphatic rings. The minimum Gasteiger partial charge on any atom is -0.392 e. The van der Waals surface area contributed by atoms with Crippen LogP contribution in [0.15, 0.2) is 47.1 Å². The number of rotatable bonds is 1. The van der Waals surface area contributed by atoms with Crippen LogP contribution in [0.1, 0.15) is 66.2 Å². The Morgan fingerprint density at radius 3 is 2.10 bits per heavy atom. The minimum atomic E-state index is -0.317. The SMILES string of the molecule is C=C(C)C1CC=C(C)CCC=C(C)CCC=C(C)CC1O. The van der Waals surface area contributed by atoms with Gasteiger partial charge in [-0.05, 0) is 66.2 Å². The Balaban J connectivity index is 2.90. The molecule has 2 unspecified atom stereocenters. The molecule has 0 amide bonds. The van der Waals surface area contributed by atoms with Crippen LogP contribution in [-0.4, -0.2) is 11.2 Å². The summed E-state index contributed by atoms with van der Waals surface area (Å²) in [5.41, 5.74) is 5.27. The largest absolute Gasteiger partial charge is 0.392 e. The second-order valence-electron chi connectivity index (χ2n) is 6.69. The Kier molecular flexibility index (Phi) is 7.74. The average molecular weight is 288 g/mol. The molecule has 0 heterocycles. The van der Waals surface area contributed by atoms with Gasteiger partial charge >= 0.3 is 0 Å². The summed E-state index contributed by atoms with van der Waals surface area (Å²) in [7, 11) is 0. The van der Waals surface area contributed by atoms with E-state index in [9.17, 15) is 5.11 Å². The first-order valence-electron chi connectivity index (χ1n) is 8.20. The fraction of sp³-hybridized carbons (Fsp3) is 0.600. The second-order valence-corrected chi connectivity index (χ2v) is 6.69. The van der Waals surface area contributed by atoms with Gasteiger partial charge in [0, 0.05) is 5.92 Å². The van der Waals surface area contributed by atoms with Gasteiger partial charge in [0.25, 0.3) is 0 Å². The zero-order valence-electron chi connectivity index (χ0n) is 14.3. The van der Waals surface area contributed by atoms with Crippen LogP contribution in [0.5, 0.6) is 0 Å². The number of allylic oxidation sites excluding steroid dienone is 5. The summed E-state index contributed by atoms with van der Waals surface area (Å²) in [6.45, 7) is 12.7. The summed E-state index contributed by atoms with van der Waals surface area (Å²) >= 11 is 0. The van der Waals surface area contributed by atoms with Gasteiger partial charge in [0.15, 0.2) is 0 Å². The molecule has 118 valence electrons. The third-order valence-electron chi connectivity index (χ3n) is 4.41. The maximum Gasteiger partial charge on any atom is 0.0645 e. The van der Waals surface area contributed by atoms with E-state index in [1.807, 2.05) is 6.92 Å². The Labute approximate surface area is 131 Å².